The van der Waals surface area contributed by atoms with Crippen molar-refractivity contribution in [2.45, 2.75) is 17.7 Å². The molecule has 2 N–H and O–H groups in total. The molecular formula is C16H19ClN2O5S. The summed E-state index contributed by atoms with van der Waals surface area (Å²) in [7, 11) is -3.71. The van der Waals surface area contributed by atoms with Crippen LogP contribution in [0.2, 0.25) is 0 Å². The summed E-state index contributed by atoms with van der Waals surface area (Å²) in [5.74, 6) is -1.54. The molecule has 1 saturated heterocycles. The fourth-order valence-electron chi connectivity index (χ4n) is 2.60. The van der Waals surface area contributed by atoms with Crippen LogP contribution in [0.1, 0.15) is 23.2 Å². The highest BCUT2D eigenvalue weighted by molar-refractivity contribution is 7.89. The second-order valence-corrected chi connectivity index (χ2v) is 8.22. The smallest absolute Gasteiger partial charge is 0.335 e. The van der Waals surface area contributed by atoms with E-state index >= 15 is 0 Å². The lowest BCUT2D eigenvalue weighted by Crippen LogP contribution is -2.43. The van der Waals surface area contributed by atoms with E-state index in [1.807, 2.05) is 0 Å². The number of carbonyl (C=O) groups excluding carboxylic acids is 1. The number of sulfonamides is 1. The molecule has 0 aromatic heterocycles. The third-order valence-corrected chi connectivity index (χ3v) is 6.06. The Morgan fingerprint density at radius 1 is 1.24 bits per heavy atom. The van der Waals surface area contributed by atoms with E-state index in [9.17, 15) is 18.0 Å². The van der Waals surface area contributed by atoms with Crippen LogP contribution in [0.3, 0.4) is 0 Å². The number of rotatable bonds is 6. The number of hydrogen-bond acceptors (Lipinski definition) is 4. The topological polar surface area (TPSA) is 104 Å². The minimum absolute atomic E-state index is 0.0233. The van der Waals surface area contributed by atoms with Gasteiger partial charge in [-0.3, -0.25) is 4.79 Å². The first-order valence-electron chi connectivity index (χ1n) is 7.66. The first-order chi connectivity index (χ1) is 11.7. The van der Waals surface area contributed by atoms with Crippen LogP contribution in [0.15, 0.2) is 40.8 Å². The molecule has 25 heavy (non-hydrogen) atoms. The van der Waals surface area contributed by atoms with Gasteiger partial charge in [0.25, 0.3) is 0 Å². The maximum atomic E-state index is 12.6. The fourth-order valence-corrected chi connectivity index (χ4v) is 4.14. The molecule has 1 aromatic rings. The molecule has 0 unspecified atom stereocenters. The largest absolute Gasteiger partial charge is 0.478 e. The van der Waals surface area contributed by atoms with Crippen LogP contribution >= 0.6 is 11.6 Å². The van der Waals surface area contributed by atoms with Gasteiger partial charge in [0.1, 0.15) is 0 Å². The number of carboxylic acids is 1. The van der Waals surface area contributed by atoms with Crippen LogP contribution in [0.25, 0.3) is 0 Å². The summed E-state index contributed by atoms with van der Waals surface area (Å²) in [6, 6.07) is 5.08. The Balaban J connectivity index is 2.00. The summed E-state index contributed by atoms with van der Waals surface area (Å²) in [4.78, 5) is 22.9. The van der Waals surface area contributed by atoms with Crippen LogP contribution in [-0.4, -0.2) is 49.3 Å². The number of carboxylic acid groups (broad SMARTS) is 1. The molecule has 1 aliphatic rings. The lowest BCUT2D eigenvalue weighted by atomic mass is 9.97. The Bertz CT molecular complexity index is 768. The number of aromatic carboxylic acids is 1. The van der Waals surface area contributed by atoms with Crippen molar-refractivity contribution in [3.63, 3.8) is 0 Å². The maximum Gasteiger partial charge on any atom is 0.335 e. The number of piperidine rings is 1. The van der Waals surface area contributed by atoms with Crippen molar-refractivity contribution >= 4 is 33.5 Å². The zero-order valence-electron chi connectivity index (χ0n) is 13.4. The summed E-state index contributed by atoms with van der Waals surface area (Å²) in [6.07, 6.45) is 0.820. The molecule has 2 rings (SSSR count). The first-order valence-corrected chi connectivity index (χ1v) is 9.48. The van der Waals surface area contributed by atoms with Crippen LogP contribution < -0.4 is 5.32 Å². The quantitative estimate of drug-likeness (QED) is 0.773. The molecule has 1 aromatic carbocycles. The Hall–Kier alpha value is -1.90. The molecule has 1 fully saturated rings. The zero-order valence-corrected chi connectivity index (χ0v) is 15.0. The van der Waals surface area contributed by atoms with Gasteiger partial charge in [-0.05, 0) is 37.1 Å². The second-order valence-electron chi connectivity index (χ2n) is 5.74. The lowest BCUT2D eigenvalue weighted by molar-refractivity contribution is -0.125. The standard InChI is InChI=1S/C16H19ClN2O5S/c1-11(17)10-18-15(20)12-6-8-19(9-7-12)25(23,24)14-4-2-13(3-5-14)16(21)22/h2-5,12H,1,6-10H2,(H,18,20)(H,21,22). The third-order valence-electron chi connectivity index (χ3n) is 4.02. The van der Waals surface area contributed by atoms with Gasteiger partial charge in [-0.2, -0.15) is 4.31 Å². The van der Waals surface area contributed by atoms with E-state index in [-0.39, 0.29) is 41.9 Å². The summed E-state index contributed by atoms with van der Waals surface area (Å²) in [5.41, 5.74) is 0.0233. The maximum absolute atomic E-state index is 12.6. The Morgan fingerprint density at radius 2 is 1.80 bits per heavy atom. The first kappa shape index (κ1) is 19.4. The minimum atomic E-state index is -3.71. The molecule has 0 radical (unpaired) electrons. The minimum Gasteiger partial charge on any atom is -0.478 e. The molecule has 1 heterocycles. The molecule has 7 nitrogen and oxygen atoms in total. The Morgan fingerprint density at radius 3 is 2.28 bits per heavy atom. The predicted molar refractivity (Wildman–Crippen MR) is 92.9 cm³/mol. The third kappa shape index (κ3) is 4.81. The Labute approximate surface area is 151 Å². The van der Waals surface area contributed by atoms with Gasteiger partial charge in [-0.1, -0.05) is 18.2 Å². The van der Waals surface area contributed by atoms with E-state index in [1.54, 1.807) is 0 Å². The highest BCUT2D eigenvalue weighted by atomic mass is 35.5. The van der Waals surface area contributed by atoms with E-state index in [4.69, 9.17) is 16.7 Å². The molecule has 0 spiro atoms. The average molecular weight is 387 g/mol. The van der Waals surface area contributed by atoms with Gasteiger partial charge < -0.3 is 10.4 Å². The van der Waals surface area contributed by atoms with Gasteiger partial charge in [-0.25, -0.2) is 13.2 Å². The number of hydrogen-bond donors (Lipinski definition) is 2. The molecule has 9 heteroatoms. The van der Waals surface area contributed by atoms with E-state index in [0.29, 0.717) is 17.9 Å². The predicted octanol–water partition coefficient (Wildman–Crippen LogP) is 1.65. The summed E-state index contributed by atoms with van der Waals surface area (Å²) in [6.45, 7) is 4.13. The molecule has 0 aliphatic carbocycles. The molecule has 1 aliphatic heterocycles. The summed E-state index contributed by atoms with van der Waals surface area (Å²) < 4.78 is 26.5. The highest BCUT2D eigenvalue weighted by Gasteiger charge is 2.32. The van der Waals surface area contributed by atoms with Crippen molar-refractivity contribution in [2.24, 2.45) is 5.92 Å². The number of amides is 1. The molecule has 136 valence electrons. The van der Waals surface area contributed by atoms with Crippen molar-refractivity contribution in [3.05, 3.63) is 41.4 Å². The summed E-state index contributed by atoms with van der Waals surface area (Å²) >= 11 is 5.61. The Kier molecular flexibility index (Phi) is 6.21. The highest BCUT2D eigenvalue weighted by Crippen LogP contribution is 2.24. The second kappa shape index (κ2) is 7.99. The van der Waals surface area contributed by atoms with Gasteiger partial charge >= 0.3 is 5.97 Å². The van der Waals surface area contributed by atoms with Crippen molar-refractivity contribution < 1.29 is 23.1 Å². The molecular weight excluding hydrogens is 368 g/mol. The number of carbonyl (C=O) groups is 2. The van der Waals surface area contributed by atoms with Gasteiger partial charge in [0.15, 0.2) is 0 Å². The molecule has 1 amide bonds. The average Bonchev–Trinajstić information content (AvgIpc) is 2.59. The van der Waals surface area contributed by atoms with Crippen LogP contribution in [0.4, 0.5) is 0 Å². The van der Waals surface area contributed by atoms with E-state index < -0.39 is 16.0 Å². The SMILES string of the molecule is C=C(Cl)CNC(=O)C1CCN(S(=O)(=O)c2ccc(C(=O)O)cc2)CC1. The molecule has 0 saturated carbocycles. The zero-order chi connectivity index (χ0) is 18.6. The van der Waals surface area contributed by atoms with Gasteiger partial charge in [0, 0.05) is 24.0 Å². The van der Waals surface area contributed by atoms with Crippen LogP contribution in [0.5, 0.6) is 0 Å². The number of nitrogens with zero attached hydrogens (tertiary/aromatic N) is 1. The molecule has 0 bridgehead atoms. The fraction of sp³-hybridized carbons (Fsp3) is 0.375. The number of halogens is 1. The van der Waals surface area contributed by atoms with Gasteiger partial charge in [-0.15, -0.1) is 0 Å². The number of benzene rings is 1. The van der Waals surface area contributed by atoms with Crippen LogP contribution in [-0.2, 0) is 14.8 Å². The van der Waals surface area contributed by atoms with Crippen LogP contribution in [0, 0.1) is 5.92 Å². The lowest BCUT2D eigenvalue weighted by Gasteiger charge is -2.30. The normalized spacial score (nSPS) is 16.4. The van der Waals surface area contributed by atoms with E-state index in [0.717, 1.165) is 0 Å². The van der Waals surface area contributed by atoms with Gasteiger partial charge in [0.2, 0.25) is 15.9 Å². The summed E-state index contributed by atoms with van der Waals surface area (Å²) in [5, 5.41) is 11.9. The van der Waals surface area contributed by atoms with Crippen molar-refractivity contribution in [2.75, 3.05) is 19.6 Å². The number of nitrogens with one attached hydrogen (secondary N) is 1. The van der Waals surface area contributed by atoms with E-state index in [2.05, 4.69) is 11.9 Å². The molecule has 0 atom stereocenters. The monoisotopic (exact) mass is 386 g/mol. The van der Waals surface area contributed by atoms with Crippen molar-refractivity contribution in [1.82, 2.24) is 9.62 Å². The van der Waals surface area contributed by atoms with Crippen molar-refractivity contribution in [3.8, 4) is 0 Å². The van der Waals surface area contributed by atoms with Crippen molar-refractivity contribution in [1.29, 1.82) is 0 Å². The van der Waals surface area contributed by atoms with E-state index in [1.165, 1.54) is 28.6 Å². The van der Waals surface area contributed by atoms with Gasteiger partial charge in [0.05, 0.1) is 17.0 Å².